The maximum absolute atomic E-state index is 11.7. The minimum atomic E-state index is -0.173. The first-order valence-corrected chi connectivity index (χ1v) is 7.32. The average molecular weight is 324 g/mol. The maximum atomic E-state index is 11.7. The van der Waals surface area contributed by atoms with Crippen molar-refractivity contribution in [3.8, 4) is 0 Å². The Bertz CT molecular complexity index is 629. The Balaban J connectivity index is 2.07. The number of carbonyl (C=O) groups excluding carboxylic acids is 1. The van der Waals surface area contributed by atoms with E-state index in [2.05, 4.69) is 15.6 Å². The molecule has 0 saturated carbocycles. The number of nitrogens with one attached hydrogen (secondary N) is 2. The van der Waals surface area contributed by atoms with Crippen molar-refractivity contribution in [3.63, 3.8) is 0 Å². The highest BCUT2D eigenvalue weighted by atomic mass is 35.5. The molecule has 0 aliphatic rings. The number of pyridine rings is 1. The SMILES string of the molecule is CCCNC(=O)c1ccc(Nc2ccc(Cl)cc2Cl)cn1. The number of aromatic nitrogens is 1. The van der Waals surface area contributed by atoms with E-state index in [-0.39, 0.29) is 5.91 Å². The number of halogens is 2. The highest BCUT2D eigenvalue weighted by Gasteiger charge is 2.07. The van der Waals surface area contributed by atoms with Crippen LogP contribution in [0.2, 0.25) is 10.0 Å². The first kappa shape index (κ1) is 15.6. The molecule has 0 unspecified atom stereocenters. The Hall–Kier alpha value is -1.78. The third-order valence-electron chi connectivity index (χ3n) is 2.74. The van der Waals surface area contributed by atoms with E-state index in [4.69, 9.17) is 23.2 Å². The molecule has 1 heterocycles. The summed E-state index contributed by atoms with van der Waals surface area (Å²) in [6.45, 7) is 2.64. The fourth-order valence-electron chi connectivity index (χ4n) is 1.68. The molecule has 0 aliphatic carbocycles. The fourth-order valence-corrected chi connectivity index (χ4v) is 2.13. The largest absolute Gasteiger partial charge is 0.353 e. The monoisotopic (exact) mass is 323 g/mol. The van der Waals surface area contributed by atoms with Crippen molar-refractivity contribution >= 4 is 40.5 Å². The molecule has 0 fully saturated rings. The van der Waals surface area contributed by atoms with Crippen LogP contribution in [0, 0.1) is 0 Å². The average Bonchev–Trinajstić information content (AvgIpc) is 2.48. The lowest BCUT2D eigenvalue weighted by molar-refractivity contribution is 0.0949. The summed E-state index contributed by atoms with van der Waals surface area (Å²) in [4.78, 5) is 15.9. The van der Waals surface area contributed by atoms with Crippen molar-refractivity contribution in [2.24, 2.45) is 0 Å². The summed E-state index contributed by atoms with van der Waals surface area (Å²) < 4.78 is 0. The van der Waals surface area contributed by atoms with Gasteiger partial charge in [0.1, 0.15) is 5.69 Å². The third kappa shape index (κ3) is 4.34. The van der Waals surface area contributed by atoms with Crippen molar-refractivity contribution in [1.29, 1.82) is 0 Å². The zero-order valence-corrected chi connectivity index (χ0v) is 13.0. The van der Waals surface area contributed by atoms with Gasteiger partial charge in [0.05, 0.1) is 22.6 Å². The summed E-state index contributed by atoms with van der Waals surface area (Å²) in [5.74, 6) is -0.173. The van der Waals surface area contributed by atoms with Crippen LogP contribution < -0.4 is 10.6 Å². The predicted octanol–water partition coefficient (Wildman–Crippen LogP) is 4.27. The number of carbonyl (C=O) groups is 1. The van der Waals surface area contributed by atoms with Gasteiger partial charge < -0.3 is 10.6 Å². The number of amides is 1. The molecule has 0 bridgehead atoms. The molecule has 0 aliphatic heterocycles. The Morgan fingerprint density at radius 1 is 1.24 bits per heavy atom. The van der Waals surface area contributed by atoms with Crippen molar-refractivity contribution in [3.05, 3.63) is 52.3 Å². The Kier molecular flexibility index (Phi) is 5.42. The number of nitrogens with zero attached hydrogens (tertiary/aromatic N) is 1. The molecule has 1 aromatic carbocycles. The Morgan fingerprint density at radius 2 is 2.05 bits per heavy atom. The minimum Gasteiger partial charge on any atom is -0.353 e. The second-order valence-corrected chi connectivity index (χ2v) is 5.28. The number of hydrogen-bond donors (Lipinski definition) is 2. The smallest absolute Gasteiger partial charge is 0.269 e. The van der Waals surface area contributed by atoms with E-state index in [1.54, 1.807) is 36.5 Å². The summed E-state index contributed by atoms with van der Waals surface area (Å²) in [6.07, 6.45) is 2.48. The summed E-state index contributed by atoms with van der Waals surface area (Å²) in [5.41, 5.74) is 1.86. The second-order valence-electron chi connectivity index (χ2n) is 4.44. The molecule has 2 aromatic rings. The van der Waals surface area contributed by atoms with Crippen molar-refractivity contribution in [1.82, 2.24) is 10.3 Å². The Morgan fingerprint density at radius 3 is 2.67 bits per heavy atom. The summed E-state index contributed by atoms with van der Waals surface area (Å²) in [7, 11) is 0. The normalized spacial score (nSPS) is 10.2. The first-order chi connectivity index (χ1) is 10.1. The molecule has 6 heteroatoms. The minimum absolute atomic E-state index is 0.173. The van der Waals surface area contributed by atoms with Gasteiger partial charge in [-0.15, -0.1) is 0 Å². The van der Waals surface area contributed by atoms with Crippen LogP contribution in [0.3, 0.4) is 0 Å². The van der Waals surface area contributed by atoms with Gasteiger partial charge in [0.2, 0.25) is 0 Å². The van der Waals surface area contributed by atoms with E-state index >= 15 is 0 Å². The van der Waals surface area contributed by atoms with Crippen LogP contribution in [0.25, 0.3) is 0 Å². The van der Waals surface area contributed by atoms with Crippen molar-refractivity contribution in [2.45, 2.75) is 13.3 Å². The van der Waals surface area contributed by atoms with Crippen LogP contribution in [0.5, 0.6) is 0 Å². The van der Waals surface area contributed by atoms with Gasteiger partial charge >= 0.3 is 0 Å². The molecule has 0 saturated heterocycles. The van der Waals surface area contributed by atoms with Gasteiger partial charge in [-0.2, -0.15) is 0 Å². The van der Waals surface area contributed by atoms with E-state index in [0.717, 1.165) is 17.8 Å². The van der Waals surface area contributed by atoms with E-state index < -0.39 is 0 Å². The van der Waals surface area contributed by atoms with Crippen LogP contribution in [-0.4, -0.2) is 17.4 Å². The predicted molar refractivity (Wildman–Crippen MR) is 86.6 cm³/mol. The maximum Gasteiger partial charge on any atom is 0.269 e. The van der Waals surface area contributed by atoms with Gasteiger partial charge in [-0.3, -0.25) is 4.79 Å². The third-order valence-corrected chi connectivity index (χ3v) is 3.29. The van der Waals surface area contributed by atoms with Crippen LogP contribution in [-0.2, 0) is 0 Å². The van der Waals surface area contributed by atoms with Gasteiger partial charge in [0.15, 0.2) is 0 Å². The van der Waals surface area contributed by atoms with E-state index in [1.807, 2.05) is 6.92 Å². The van der Waals surface area contributed by atoms with Crippen LogP contribution in [0.15, 0.2) is 36.5 Å². The number of benzene rings is 1. The summed E-state index contributed by atoms with van der Waals surface area (Å²) in [6, 6.07) is 8.63. The van der Waals surface area contributed by atoms with Crippen molar-refractivity contribution in [2.75, 3.05) is 11.9 Å². The van der Waals surface area contributed by atoms with Gasteiger partial charge in [-0.25, -0.2) is 4.98 Å². The van der Waals surface area contributed by atoms with Gasteiger partial charge in [-0.05, 0) is 36.8 Å². The molecule has 0 atom stereocenters. The van der Waals surface area contributed by atoms with Crippen LogP contribution in [0.4, 0.5) is 11.4 Å². The number of anilines is 2. The molecule has 1 amide bonds. The molecule has 21 heavy (non-hydrogen) atoms. The van der Waals surface area contributed by atoms with E-state index in [9.17, 15) is 4.79 Å². The highest BCUT2D eigenvalue weighted by Crippen LogP contribution is 2.27. The molecular weight excluding hydrogens is 309 g/mol. The van der Waals surface area contributed by atoms with Gasteiger partial charge in [0, 0.05) is 11.6 Å². The summed E-state index contributed by atoms with van der Waals surface area (Å²) in [5, 5.41) is 7.00. The van der Waals surface area contributed by atoms with E-state index in [0.29, 0.717) is 22.3 Å². The molecule has 0 spiro atoms. The summed E-state index contributed by atoms with van der Waals surface area (Å²) >= 11 is 11.9. The number of rotatable bonds is 5. The van der Waals surface area contributed by atoms with Gasteiger partial charge in [0.25, 0.3) is 5.91 Å². The molecule has 110 valence electrons. The van der Waals surface area contributed by atoms with Crippen LogP contribution in [0.1, 0.15) is 23.8 Å². The molecule has 4 nitrogen and oxygen atoms in total. The molecule has 2 N–H and O–H groups in total. The topological polar surface area (TPSA) is 54.0 Å². The van der Waals surface area contributed by atoms with Crippen molar-refractivity contribution < 1.29 is 4.79 Å². The standard InChI is InChI=1S/C15H15Cl2N3O/c1-2-7-18-15(21)14-6-4-11(9-19-14)20-13-5-3-10(16)8-12(13)17/h3-6,8-9,20H,2,7H2,1H3,(H,18,21). The first-order valence-electron chi connectivity index (χ1n) is 6.56. The lowest BCUT2D eigenvalue weighted by Crippen LogP contribution is -2.24. The van der Waals surface area contributed by atoms with E-state index in [1.165, 1.54) is 0 Å². The quantitative estimate of drug-likeness (QED) is 0.863. The second kappa shape index (κ2) is 7.29. The molecule has 2 rings (SSSR count). The van der Waals surface area contributed by atoms with Gasteiger partial charge in [-0.1, -0.05) is 30.1 Å². The molecule has 1 aromatic heterocycles. The Labute approximate surface area is 133 Å². The number of hydrogen-bond acceptors (Lipinski definition) is 3. The fraction of sp³-hybridized carbons (Fsp3) is 0.200. The lowest BCUT2D eigenvalue weighted by Gasteiger charge is -2.09. The zero-order chi connectivity index (χ0) is 15.2. The molecule has 0 radical (unpaired) electrons. The molecular formula is C15H15Cl2N3O. The highest BCUT2D eigenvalue weighted by molar-refractivity contribution is 6.36. The van der Waals surface area contributed by atoms with Crippen LogP contribution >= 0.6 is 23.2 Å². The zero-order valence-electron chi connectivity index (χ0n) is 11.5. The lowest BCUT2D eigenvalue weighted by atomic mass is 10.2.